The van der Waals surface area contributed by atoms with E-state index in [1.54, 1.807) is 0 Å². The van der Waals surface area contributed by atoms with E-state index in [1.807, 2.05) is 4.90 Å². The van der Waals surface area contributed by atoms with Crippen molar-refractivity contribution in [2.45, 2.75) is 25.4 Å². The Balaban J connectivity index is 1.83. The number of aliphatic hydroxyl groups excluding tert-OH is 1. The summed E-state index contributed by atoms with van der Waals surface area (Å²) in [4.78, 5) is 15.6. The second-order valence-corrected chi connectivity index (χ2v) is 4.93. The van der Waals surface area contributed by atoms with Crippen LogP contribution in [-0.2, 0) is 4.79 Å². The molecule has 0 aromatic heterocycles. The fourth-order valence-electron chi connectivity index (χ4n) is 2.66. The third kappa shape index (κ3) is 2.69. The molecule has 2 rings (SSSR count). The molecule has 2 unspecified atom stereocenters. The van der Waals surface area contributed by atoms with E-state index in [2.05, 4.69) is 11.9 Å². The molecule has 2 fully saturated rings. The third-order valence-electron chi connectivity index (χ3n) is 3.39. The van der Waals surface area contributed by atoms with E-state index in [4.69, 9.17) is 0 Å². The first-order valence-corrected chi connectivity index (χ1v) is 5.79. The summed E-state index contributed by atoms with van der Waals surface area (Å²) < 4.78 is 0. The Morgan fingerprint density at radius 1 is 1.47 bits per heavy atom. The van der Waals surface area contributed by atoms with E-state index in [9.17, 15) is 9.90 Å². The molecule has 2 heterocycles. The van der Waals surface area contributed by atoms with Gasteiger partial charge in [0, 0.05) is 19.6 Å². The van der Waals surface area contributed by atoms with Crippen LogP contribution in [0.1, 0.15) is 19.3 Å². The summed E-state index contributed by atoms with van der Waals surface area (Å²) in [5.41, 5.74) is 0. The molecule has 4 nitrogen and oxygen atoms in total. The molecule has 86 valence electrons. The topological polar surface area (TPSA) is 43.8 Å². The number of piperidine rings is 1. The standard InChI is InChI=1S/C11H20N2O2/c1-12-4-2-3-9(6-12)7-13-8-10(14)5-11(13)15/h9-10,14H,2-8H2,1H3. The van der Waals surface area contributed by atoms with Crippen molar-refractivity contribution in [2.24, 2.45) is 5.92 Å². The molecule has 15 heavy (non-hydrogen) atoms. The second kappa shape index (κ2) is 4.49. The third-order valence-corrected chi connectivity index (χ3v) is 3.39. The first kappa shape index (κ1) is 10.9. The van der Waals surface area contributed by atoms with Gasteiger partial charge in [-0.25, -0.2) is 0 Å². The molecule has 0 aromatic rings. The van der Waals surface area contributed by atoms with Crippen LogP contribution < -0.4 is 0 Å². The van der Waals surface area contributed by atoms with Crippen LogP contribution in [0.5, 0.6) is 0 Å². The molecule has 2 saturated heterocycles. The fraction of sp³-hybridized carbons (Fsp3) is 0.909. The highest BCUT2D eigenvalue weighted by Gasteiger charge is 2.30. The lowest BCUT2D eigenvalue weighted by molar-refractivity contribution is -0.128. The van der Waals surface area contributed by atoms with E-state index in [0.717, 1.165) is 13.1 Å². The summed E-state index contributed by atoms with van der Waals surface area (Å²) in [7, 11) is 2.13. The SMILES string of the molecule is CN1CCCC(CN2CC(O)CC2=O)C1. The van der Waals surface area contributed by atoms with Crippen molar-refractivity contribution in [3.05, 3.63) is 0 Å². The van der Waals surface area contributed by atoms with Gasteiger partial charge >= 0.3 is 0 Å². The summed E-state index contributed by atoms with van der Waals surface area (Å²) in [6.07, 6.45) is 2.33. The summed E-state index contributed by atoms with van der Waals surface area (Å²) in [6.45, 7) is 3.63. The largest absolute Gasteiger partial charge is 0.391 e. The molecule has 1 amide bonds. The van der Waals surface area contributed by atoms with E-state index in [-0.39, 0.29) is 5.91 Å². The number of carbonyl (C=O) groups is 1. The zero-order valence-electron chi connectivity index (χ0n) is 9.35. The van der Waals surface area contributed by atoms with Crippen LogP contribution in [0.2, 0.25) is 0 Å². The fourth-order valence-corrected chi connectivity index (χ4v) is 2.66. The molecule has 4 heteroatoms. The summed E-state index contributed by atoms with van der Waals surface area (Å²) in [5.74, 6) is 0.716. The molecule has 0 spiro atoms. The molecule has 0 bridgehead atoms. The van der Waals surface area contributed by atoms with E-state index >= 15 is 0 Å². The second-order valence-electron chi connectivity index (χ2n) is 4.93. The Hall–Kier alpha value is -0.610. The van der Waals surface area contributed by atoms with Crippen LogP contribution in [0.15, 0.2) is 0 Å². The Labute approximate surface area is 90.9 Å². The summed E-state index contributed by atoms with van der Waals surface area (Å²) >= 11 is 0. The van der Waals surface area contributed by atoms with Crippen molar-refractivity contribution in [1.29, 1.82) is 0 Å². The number of amides is 1. The number of hydrogen-bond acceptors (Lipinski definition) is 3. The van der Waals surface area contributed by atoms with Crippen LogP contribution in [-0.4, -0.2) is 60.1 Å². The number of rotatable bonds is 2. The maximum atomic E-state index is 11.5. The molecule has 2 aliphatic rings. The lowest BCUT2D eigenvalue weighted by Gasteiger charge is -2.32. The minimum absolute atomic E-state index is 0.121. The number of aliphatic hydroxyl groups is 1. The van der Waals surface area contributed by atoms with Crippen LogP contribution in [0.3, 0.4) is 0 Å². The monoisotopic (exact) mass is 212 g/mol. The van der Waals surface area contributed by atoms with E-state index in [0.29, 0.717) is 18.9 Å². The lowest BCUT2D eigenvalue weighted by atomic mass is 9.98. The predicted octanol–water partition coefficient (Wildman–Crippen LogP) is -0.0786. The van der Waals surface area contributed by atoms with Gasteiger partial charge in [-0.05, 0) is 32.4 Å². The minimum Gasteiger partial charge on any atom is -0.391 e. The quantitative estimate of drug-likeness (QED) is 0.696. The van der Waals surface area contributed by atoms with Gasteiger partial charge in [0.05, 0.1) is 12.5 Å². The molecule has 0 radical (unpaired) electrons. The normalized spacial score (nSPS) is 33.7. The highest BCUT2D eigenvalue weighted by Crippen LogP contribution is 2.19. The van der Waals surface area contributed by atoms with Crippen LogP contribution in [0.4, 0.5) is 0 Å². The van der Waals surface area contributed by atoms with Gasteiger partial charge in [-0.15, -0.1) is 0 Å². The van der Waals surface area contributed by atoms with E-state index < -0.39 is 6.10 Å². The Morgan fingerprint density at radius 3 is 2.87 bits per heavy atom. The molecule has 2 atom stereocenters. The van der Waals surface area contributed by atoms with Gasteiger partial charge in [-0.1, -0.05) is 0 Å². The zero-order chi connectivity index (χ0) is 10.8. The molecule has 0 aliphatic carbocycles. The zero-order valence-corrected chi connectivity index (χ0v) is 9.35. The number of hydrogen-bond donors (Lipinski definition) is 1. The Morgan fingerprint density at radius 2 is 2.27 bits per heavy atom. The average Bonchev–Trinajstić information content (AvgIpc) is 2.45. The molecule has 0 saturated carbocycles. The lowest BCUT2D eigenvalue weighted by Crippen LogP contribution is -2.40. The minimum atomic E-state index is -0.432. The summed E-state index contributed by atoms with van der Waals surface area (Å²) in [5, 5.41) is 9.38. The van der Waals surface area contributed by atoms with Crippen LogP contribution in [0.25, 0.3) is 0 Å². The number of nitrogens with zero attached hydrogens (tertiary/aromatic N) is 2. The maximum absolute atomic E-state index is 11.5. The highest BCUT2D eigenvalue weighted by molar-refractivity contribution is 5.79. The number of β-amino-alcohol motifs (C(OH)–C–C–N with tert-alkyl or cyclic N) is 1. The van der Waals surface area contributed by atoms with Gasteiger partial charge in [0.25, 0.3) is 0 Å². The van der Waals surface area contributed by atoms with Gasteiger partial charge < -0.3 is 14.9 Å². The van der Waals surface area contributed by atoms with Crippen LogP contribution in [0, 0.1) is 5.92 Å². The first-order valence-electron chi connectivity index (χ1n) is 5.79. The molecule has 2 aliphatic heterocycles. The Kier molecular flexibility index (Phi) is 3.26. The van der Waals surface area contributed by atoms with E-state index in [1.165, 1.54) is 19.4 Å². The Bertz CT molecular complexity index is 245. The summed E-state index contributed by atoms with van der Waals surface area (Å²) in [6, 6.07) is 0. The van der Waals surface area contributed by atoms with Gasteiger partial charge in [-0.2, -0.15) is 0 Å². The molecule has 0 aromatic carbocycles. The van der Waals surface area contributed by atoms with Gasteiger partial charge in [0.1, 0.15) is 0 Å². The van der Waals surface area contributed by atoms with Crippen molar-refractivity contribution < 1.29 is 9.90 Å². The number of carbonyl (C=O) groups excluding carboxylic acids is 1. The first-order chi connectivity index (χ1) is 7.15. The van der Waals surface area contributed by atoms with Crippen LogP contribution >= 0.6 is 0 Å². The average molecular weight is 212 g/mol. The van der Waals surface area contributed by atoms with Gasteiger partial charge in [0.2, 0.25) is 5.91 Å². The van der Waals surface area contributed by atoms with Gasteiger partial charge in [0.15, 0.2) is 0 Å². The van der Waals surface area contributed by atoms with Crippen molar-refractivity contribution in [3.8, 4) is 0 Å². The van der Waals surface area contributed by atoms with Crippen molar-refractivity contribution in [1.82, 2.24) is 9.80 Å². The van der Waals surface area contributed by atoms with Gasteiger partial charge in [-0.3, -0.25) is 4.79 Å². The molecular weight excluding hydrogens is 192 g/mol. The highest BCUT2D eigenvalue weighted by atomic mass is 16.3. The smallest absolute Gasteiger partial charge is 0.225 e. The number of likely N-dealkylation sites (tertiary alicyclic amines) is 2. The molecular formula is C11H20N2O2. The van der Waals surface area contributed by atoms with Crippen molar-refractivity contribution in [3.63, 3.8) is 0 Å². The maximum Gasteiger partial charge on any atom is 0.225 e. The predicted molar refractivity (Wildman–Crippen MR) is 57.4 cm³/mol. The van der Waals surface area contributed by atoms with Crippen molar-refractivity contribution in [2.75, 3.05) is 33.2 Å². The van der Waals surface area contributed by atoms with Crippen molar-refractivity contribution >= 4 is 5.91 Å². The molecule has 1 N–H and O–H groups in total.